The van der Waals surface area contributed by atoms with E-state index in [1.807, 2.05) is 48.1 Å². The minimum absolute atomic E-state index is 0.00780. The number of para-hydroxylation sites is 1. The molecular weight excluding hydrogens is 415 g/mol. The molecule has 1 saturated carbocycles. The predicted molar refractivity (Wildman–Crippen MR) is 116 cm³/mol. The van der Waals surface area contributed by atoms with Gasteiger partial charge in [-0.15, -0.1) is 0 Å². The van der Waals surface area contributed by atoms with Crippen molar-refractivity contribution in [1.29, 1.82) is 0 Å². The van der Waals surface area contributed by atoms with E-state index < -0.39 is 12.4 Å². The summed E-state index contributed by atoms with van der Waals surface area (Å²) in [5.74, 6) is 0.0186. The number of alkyl halides is 2. The van der Waals surface area contributed by atoms with Gasteiger partial charge in [0.2, 0.25) is 0 Å². The number of ether oxygens (including phenoxy) is 1. The van der Waals surface area contributed by atoms with Crippen molar-refractivity contribution in [3.8, 4) is 11.4 Å². The first-order chi connectivity index (χ1) is 15.5. The second-order valence-corrected chi connectivity index (χ2v) is 8.04. The molecule has 0 aliphatic heterocycles. The summed E-state index contributed by atoms with van der Waals surface area (Å²) in [7, 11) is 0. The summed E-state index contributed by atoms with van der Waals surface area (Å²) in [5.41, 5.74) is 4.10. The van der Waals surface area contributed by atoms with Gasteiger partial charge in [0.25, 0.3) is 0 Å². The number of aryl methyl sites for hydroxylation is 1. The Morgan fingerprint density at radius 1 is 1.09 bits per heavy atom. The molecule has 2 aromatic heterocycles. The lowest BCUT2D eigenvalue weighted by atomic mass is 9.98. The average molecular weight is 437 g/mol. The van der Waals surface area contributed by atoms with E-state index in [4.69, 9.17) is 4.74 Å². The fourth-order valence-electron chi connectivity index (χ4n) is 4.06. The van der Waals surface area contributed by atoms with E-state index in [0.29, 0.717) is 30.0 Å². The summed E-state index contributed by atoms with van der Waals surface area (Å²) in [6, 6.07) is 14.1. The molecule has 7 heteroatoms. The molecule has 32 heavy (non-hydrogen) atoms. The van der Waals surface area contributed by atoms with E-state index in [2.05, 4.69) is 10.1 Å². The lowest BCUT2D eigenvalue weighted by molar-refractivity contribution is -0.0494. The summed E-state index contributed by atoms with van der Waals surface area (Å²) in [4.78, 5) is 4.43. The van der Waals surface area contributed by atoms with E-state index in [1.165, 1.54) is 25.0 Å². The van der Waals surface area contributed by atoms with Gasteiger partial charge in [0, 0.05) is 35.2 Å². The number of hydrogen-bond donors (Lipinski definition) is 0. The quantitative estimate of drug-likeness (QED) is 0.346. The predicted octanol–water partition coefficient (Wildman–Crippen LogP) is 6.19. The summed E-state index contributed by atoms with van der Waals surface area (Å²) in [5, 5.41) is 4.89. The molecule has 0 N–H and O–H groups in total. The molecule has 0 amide bonds. The first kappa shape index (κ1) is 20.5. The van der Waals surface area contributed by atoms with Crippen molar-refractivity contribution in [3.05, 3.63) is 83.1 Å². The number of fused-ring (bicyclic) bond motifs is 1. The molecule has 0 bridgehead atoms. The second kappa shape index (κ2) is 8.30. The lowest BCUT2D eigenvalue weighted by Gasteiger charge is -2.17. The van der Waals surface area contributed by atoms with Gasteiger partial charge < -0.3 is 4.74 Å². The van der Waals surface area contributed by atoms with Crippen LogP contribution in [0.3, 0.4) is 0 Å². The molecule has 4 nitrogen and oxygen atoms in total. The van der Waals surface area contributed by atoms with Crippen LogP contribution in [-0.4, -0.2) is 21.4 Å². The van der Waals surface area contributed by atoms with Crippen molar-refractivity contribution < 1.29 is 17.9 Å². The third kappa shape index (κ3) is 3.95. The Balaban J connectivity index is 1.51. The van der Waals surface area contributed by atoms with Gasteiger partial charge in [-0.2, -0.15) is 13.9 Å². The summed E-state index contributed by atoms with van der Waals surface area (Å²) < 4.78 is 47.6. The maximum Gasteiger partial charge on any atom is 0.387 e. The zero-order chi connectivity index (χ0) is 22.2. The summed E-state index contributed by atoms with van der Waals surface area (Å²) in [6.07, 6.45) is 5.16. The lowest BCUT2D eigenvalue weighted by Crippen LogP contribution is -2.10. The fraction of sp³-hybridized carbons (Fsp3) is 0.280. The number of nitrogens with zero attached hydrogens (tertiary/aromatic N) is 3. The Morgan fingerprint density at radius 2 is 1.88 bits per heavy atom. The van der Waals surface area contributed by atoms with Crippen LogP contribution in [0.4, 0.5) is 13.2 Å². The Hall–Kier alpha value is -3.35. The normalized spacial score (nSPS) is 13.8. The second-order valence-electron chi connectivity index (χ2n) is 8.04. The number of benzene rings is 2. The van der Waals surface area contributed by atoms with Crippen LogP contribution in [0.25, 0.3) is 16.6 Å². The molecule has 4 aromatic rings. The zero-order valence-electron chi connectivity index (χ0n) is 17.6. The Morgan fingerprint density at radius 3 is 2.56 bits per heavy atom. The molecule has 0 unspecified atom stereocenters. The molecular formula is C25H22F3N3O. The third-order valence-electron chi connectivity index (χ3n) is 5.83. The van der Waals surface area contributed by atoms with Crippen LogP contribution in [-0.2, 0) is 12.8 Å². The van der Waals surface area contributed by atoms with Gasteiger partial charge >= 0.3 is 6.61 Å². The van der Waals surface area contributed by atoms with Gasteiger partial charge in [-0.25, -0.2) is 14.1 Å². The van der Waals surface area contributed by atoms with Gasteiger partial charge in [-0.3, -0.25) is 0 Å². The van der Waals surface area contributed by atoms with Crippen LogP contribution in [0, 0.1) is 5.82 Å². The number of hydrogen-bond acceptors (Lipinski definition) is 3. The number of pyridine rings is 1. The molecule has 0 saturated heterocycles. The van der Waals surface area contributed by atoms with Crippen LogP contribution >= 0.6 is 0 Å². The van der Waals surface area contributed by atoms with Crippen molar-refractivity contribution in [1.82, 2.24) is 14.8 Å². The monoisotopic (exact) mass is 437 g/mol. The molecule has 0 atom stereocenters. The standard InChI is InChI=1S/C25H22F3N3O/c1-2-21-19(24(32-25(27)28)18-4-3-5-20(26)23(18)29-21)14-15-6-10-17(11-7-15)31-13-12-22(30-31)16-8-9-16/h3-7,10-13,16,25H,2,8-9,14H2,1H3. The molecule has 1 aliphatic carbocycles. The molecule has 0 spiro atoms. The Bertz CT molecular complexity index is 1260. The van der Waals surface area contributed by atoms with E-state index in [-0.39, 0.29) is 16.7 Å². The first-order valence-corrected chi connectivity index (χ1v) is 10.7. The highest BCUT2D eigenvalue weighted by molar-refractivity contribution is 5.87. The van der Waals surface area contributed by atoms with E-state index in [9.17, 15) is 13.2 Å². The van der Waals surface area contributed by atoms with Crippen LogP contribution in [0.15, 0.2) is 54.7 Å². The topological polar surface area (TPSA) is 39.9 Å². The molecule has 1 fully saturated rings. The van der Waals surface area contributed by atoms with Gasteiger partial charge in [0.05, 0.1) is 11.4 Å². The Kier molecular flexibility index (Phi) is 5.33. The molecule has 2 heterocycles. The smallest absolute Gasteiger partial charge is 0.387 e. The van der Waals surface area contributed by atoms with Crippen molar-refractivity contribution in [2.45, 2.75) is 45.1 Å². The van der Waals surface area contributed by atoms with Crippen LogP contribution in [0.5, 0.6) is 5.75 Å². The van der Waals surface area contributed by atoms with Crippen molar-refractivity contribution in [2.75, 3.05) is 0 Å². The average Bonchev–Trinajstić information content (AvgIpc) is 3.52. The van der Waals surface area contributed by atoms with Gasteiger partial charge in [-0.1, -0.05) is 25.1 Å². The van der Waals surface area contributed by atoms with Gasteiger partial charge in [-0.05, 0) is 55.2 Å². The SMILES string of the molecule is CCc1nc2c(F)cccc2c(OC(F)F)c1Cc1ccc(-n2ccc(C3CC3)n2)cc1. The van der Waals surface area contributed by atoms with Gasteiger partial charge in [0.1, 0.15) is 17.1 Å². The van der Waals surface area contributed by atoms with Crippen LogP contribution in [0.2, 0.25) is 0 Å². The molecule has 5 rings (SSSR count). The molecule has 2 aromatic carbocycles. The largest absolute Gasteiger partial charge is 0.434 e. The number of rotatable bonds is 7. The summed E-state index contributed by atoms with van der Waals surface area (Å²) >= 11 is 0. The van der Waals surface area contributed by atoms with E-state index in [1.54, 1.807) is 6.07 Å². The number of halogens is 3. The highest BCUT2D eigenvalue weighted by Crippen LogP contribution is 2.39. The summed E-state index contributed by atoms with van der Waals surface area (Å²) in [6.45, 7) is -1.15. The molecule has 0 radical (unpaired) electrons. The van der Waals surface area contributed by atoms with Crippen molar-refractivity contribution in [3.63, 3.8) is 0 Å². The maximum atomic E-state index is 14.3. The molecule has 164 valence electrons. The highest BCUT2D eigenvalue weighted by Gasteiger charge is 2.26. The van der Waals surface area contributed by atoms with Crippen LogP contribution < -0.4 is 4.74 Å². The first-order valence-electron chi connectivity index (χ1n) is 10.7. The van der Waals surface area contributed by atoms with E-state index >= 15 is 0 Å². The Labute approximate surface area is 183 Å². The van der Waals surface area contributed by atoms with Crippen LogP contribution in [0.1, 0.15) is 48.2 Å². The zero-order valence-corrected chi connectivity index (χ0v) is 17.6. The minimum Gasteiger partial charge on any atom is -0.434 e. The van der Waals surface area contributed by atoms with Crippen molar-refractivity contribution >= 4 is 10.9 Å². The molecule has 1 aliphatic rings. The fourth-order valence-corrected chi connectivity index (χ4v) is 4.06. The highest BCUT2D eigenvalue weighted by atomic mass is 19.3. The maximum absolute atomic E-state index is 14.3. The number of aromatic nitrogens is 3. The van der Waals surface area contributed by atoms with Crippen molar-refractivity contribution in [2.24, 2.45) is 0 Å². The minimum atomic E-state index is -3.02. The third-order valence-corrected chi connectivity index (χ3v) is 5.83. The van der Waals surface area contributed by atoms with Gasteiger partial charge in [0.15, 0.2) is 0 Å². The van der Waals surface area contributed by atoms with E-state index in [0.717, 1.165) is 16.9 Å².